The molecule has 3 aromatic heterocycles. The maximum Gasteiger partial charge on any atom is 0.227 e. The van der Waals surface area contributed by atoms with Crippen LogP contribution < -0.4 is 0 Å². The van der Waals surface area contributed by atoms with Gasteiger partial charge in [0.15, 0.2) is 17.0 Å². The van der Waals surface area contributed by atoms with E-state index in [9.17, 15) is 8.42 Å². The maximum absolute atomic E-state index is 12.1. The number of sulfonamides is 1. The van der Waals surface area contributed by atoms with Crippen molar-refractivity contribution in [3.63, 3.8) is 0 Å². The van der Waals surface area contributed by atoms with Crippen LogP contribution in [0.2, 0.25) is 0 Å². The Morgan fingerprint density at radius 3 is 3.12 bits per heavy atom. The Bertz CT molecular complexity index is 1070. The fraction of sp³-hybridized carbons (Fsp3) is 0.357. The van der Waals surface area contributed by atoms with Gasteiger partial charge in [0.05, 0.1) is 12.3 Å². The molecule has 1 aliphatic rings. The van der Waals surface area contributed by atoms with Crippen molar-refractivity contribution in [2.24, 2.45) is 0 Å². The van der Waals surface area contributed by atoms with E-state index in [0.29, 0.717) is 30.8 Å². The smallest absolute Gasteiger partial charge is 0.227 e. The van der Waals surface area contributed by atoms with Gasteiger partial charge in [0.1, 0.15) is 0 Å². The summed E-state index contributed by atoms with van der Waals surface area (Å²) in [5.41, 5.74) is 2.02. The zero-order valence-electron chi connectivity index (χ0n) is 12.5. The first-order valence-electron chi connectivity index (χ1n) is 7.39. The molecule has 24 heavy (non-hydrogen) atoms. The second-order valence-corrected chi connectivity index (χ2v) is 7.66. The molecule has 1 fully saturated rings. The number of H-pyrrole nitrogens is 1. The summed E-state index contributed by atoms with van der Waals surface area (Å²) in [6.45, 7) is 0.735. The van der Waals surface area contributed by atoms with Gasteiger partial charge in [0.25, 0.3) is 0 Å². The molecule has 0 radical (unpaired) electrons. The number of nitrogens with zero attached hydrogens (tertiary/aromatic N) is 6. The molecular formula is C14H13N7O2S. The van der Waals surface area contributed by atoms with Crippen molar-refractivity contribution in [2.45, 2.75) is 12.3 Å². The quantitative estimate of drug-likeness (QED) is 0.735. The second kappa shape index (κ2) is 5.47. The minimum absolute atomic E-state index is 0.00892. The third kappa shape index (κ3) is 2.29. The van der Waals surface area contributed by atoms with E-state index in [0.717, 1.165) is 16.3 Å². The molecule has 3 aromatic rings. The molecule has 122 valence electrons. The Morgan fingerprint density at radius 2 is 2.29 bits per heavy atom. The van der Waals surface area contributed by atoms with Crippen molar-refractivity contribution >= 4 is 32.1 Å². The summed E-state index contributed by atoms with van der Waals surface area (Å²) in [6, 6.07) is 3.58. The first-order valence-corrected chi connectivity index (χ1v) is 9.00. The molecule has 0 amide bonds. The SMILES string of the molecule is N#CCS(=O)(=O)N1CCC(c2cn[nH]c3nnc4nccc4c23)C1. The Hall–Kier alpha value is -2.64. The lowest BCUT2D eigenvalue weighted by atomic mass is 9.96. The minimum atomic E-state index is -3.53. The molecule has 0 saturated carbocycles. The van der Waals surface area contributed by atoms with E-state index in [1.165, 1.54) is 4.31 Å². The van der Waals surface area contributed by atoms with E-state index in [1.54, 1.807) is 18.5 Å². The van der Waals surface area contributed by atoms with Gasteiger partial charge in [-0.25, -0.2) is 17.7 Å². The Labute approximate surface area is 137 Å². The van der Waals surface area contributed by atoms with Crippen LogP contribution in [-0.4, -0.2) is 56.9 Å². The largest absolute Gasteiger partial charge is 0.259 e. The fourth-order valence-corrected chi connectivity index (χ4v) is 4.33. The molecule has 9 nitrogen and oxygen atoms in total. The third-order valence-corrected chi connectivity index (χ3v) is 5.94. The fourth-order valence-electron chi connectivity index (χ4n) is 3.19. The van der Waals surface area contributed by atoms with Crippen LogP contribution in [0.1, 0.15) is 17.9 Å². The van der Waals surface area contributed by atoms with E-state index < -0.39 is 15.8 Å². The van der Waals surface area contributed by atoms with Gasteiger partial charge in [-0.3, -0.25) is 5.10 Å². The van der Waals surface area contributed by atoms with Gasteiger partial charge in [-0.2, -0.15) is 10.4 Å². The maximum atomic E-state index is 12.1. The first kappa shape index (κ1) is 14.9. The van der Waals surface area contributed by atoms with Crippen molar-refractivity contribution < 1.29 is 8.42 Å². The normalized spacial score (nSPS) is 19.0. The third-order valence-electron chi connectivity index (χ3n) is 4.32. The van der Waals surface area contributed by atoms with Crippen molar-refractivity contribution in [1.82, 2.24) is 29.7 Å². The van der Waals surface area contributed by atoms with Gasteiger partial charge in [0, 0.05) is 36.0 Å². The zero-order valence-corrected chi connectivity index (χ0v) is 13.4. The lowest BCUT2D eigenvalue weighted by molar-refractivity contribution is 0.476. The summed E-state index contributed by atoms with van der Waals surface area (Å²) in [5.74, 6) is -0.505. The van der Waals surface area contributed by atoms with Crippen molar-refractivity contribution in [3.8, 4) is 6.07 Å². The minimum Gasteiger partial charge on any atom is -0.259 e. The van der Waals surface area contributed by atoms with E-state index in [2.05, 4.69) is 25.4 Å². The summed E-state index contributed by atoms with van der Waals surface area (Å²) in [4.78, 5) is 4.16. The zero-order chi connectivity index (χ0) is 16.7. The number of rotatable bonds is 3. The molecule has 4 heterocycles. The second-order valence-electron chi connectivity index (χ2n) is 5.69. The number of hydrogen-bond acceptors (Lipinski definition) is 7. The topological polar surface area (TPSA) is 129 Å². The summed E-state index contributed by atoms with van der Waals surface area (Å²) < 4.78 is 25.6. The number of fused-ring (bicyclic) bond motifs is 3. The molecule has 1 atom stereocenters. The average Bonchev–Trinajstić information content (AvgIpc) is 3.23. The Morgan fingerprint density at radius 1 is 1.42 bits per heavy atom. The van der Waals surface area contributed by atoms with Crippen LogP contribution in [0, 0.1) is 11.3 Å². The molecule has 4 rings (SSSR count). The number of aromatic amines is 1. The molecule has 10 heteroatoms. The van der Waals surface area contributed by atoms with Crippen LogP contribution in [0.15, 0.2) is 18.5 Å². The highest BCUT2D eigenvalue weighted by Gasteiger charge is 2.33. The summed E-state index contributed by atoms with van der Waals surface area (Å²) in [5, 5.41) is 25.5. The predicted octanol–water partition coefficient (Wildman–Crippen LogP) is 0.544. The molecule has 0 spiro atoms. The van der Waals surface area contributed by atoms with Gasteiger partial charge >= 0.3 is 0 Å². The van der Waals surface area contributed by atoms with E-state index >= 15 is 0 Å². The molecular weight excluding hydrogens is 330 g/mol. The molecule has 1 saturated heterocycles. The lowest BCUT2D eigenvalue weighted by Gasteiger charge is -2.15. The molecule has 1 N–H and O–H groups in total. The van der Waals surface area contributed by atoms with Crippen molar-refractivity contribution in [3.05, 3.63) is 24.0 Å². The van der Waals surface area contributed by atoms with E-state index in [-0.39, 0.29) is 5.92 Å². The predicted molar refractivity (Wildman–Crippen MR) is 85.3 cm³/mol. The van der Waals surface area contributed by atoms with Crippen LogP contribution in [0.25, 0.3) is 22.1 Å². The van der Waals surface area contributed by atoms with Gasteiger partial charge in [-0.15, -0.1) is 10.2 Å². The molecule has 0 aromatic carbocycles. The highest BCUT2D eigenvalue weighted by atomic mass is 32.2. The average molecular weight is 343 g/mol. The number of aromatic nitrogens is 5. The van der Waals surface area contributed by atoms with Crippen LogP contribution in [0.3, 0.4) is 0 Å². The summed E-state index contributed by atoms with van der Waals surface area (Å²) in [6.07, 6.45) is 4.05. The van der Waals surface area contributed by atoms with E-state index in [1.807, 2.05) is 6.07 Å². The van der Waals surface area contributed by atoms with Crippen LogP contribution in [0.5, 0.6) is 0 Å². The van der Waals surface area contributed by atoms with Crippen molar-refractivity contribution in [1.29, 1.82) is 5.26 Å². The lowest BCUT2D eigenvalue weighted by Crippen LogP contribution is -2.30. The van der Waals surface area contributed by atoms with Gasteiger partial charge in [-0.05, 0) is 18.1 Å². The molecule has 1 unspecified atom stereocenters. The Kier molecular flexibility index (Phi) is 3.40. The molecule has 1 aliphatic heterocycles. The first-order chi connectivity index (χ1) is 11.6. The van der Waals surface area contributed by atoms with Crippen molar-refractivity contribution in [2.75, 3.05) is 18.8 Å². The van der Waals surface area contributed by atoms with E-state index in [4.69, 9.17) is 5.26 Å². The van der Waals surface area contributed by atoms with Gasteiger partial charge in [0.2, 0.25) is 10.0 Å². The van der Waals surface area contributed by atoms with Gasteiger partial charge in [-0.1, -0.05) is 0 Å². The number of nitrogens with one attached hydrogen (secondary N) is 1. The van der Waals surface area contributed by atoms with Crippen LogP contribution in [-0.2, 0) is 10.0 Å². The number of hydrogen-bond donors (Lipinski definition) is 1. The molecule has 0 aliphatic carbocycles. The summed E-state index contributed by atoms with van der Waals surface area (Å²) in [7, 11) is -3.53. The standard InChI is InChI=1S/C14H13N7O2S/c15-3-6-24(22,23)21-5-2-9(8-21)11-7-17-18-14-12(11)10-1-4-16-13(10)19-20-14/h1,4,7,9H,2,5-6,8H2,(H,18,20). The van der Waals surface area contributed by atoms with Gasteiger partial charge < -0.3 is 0 Å². The highest BCUT2D eigenvalue weighted by Crippen LogP contribution is 2.34. The number of nitriles is 1. The monoisotopic (exact) mass is 343 g/mol. The molecule has 0 bridgehead atoms. The van der Waals surface area contributed by atoms with Crippen LogP contribution >= 0.6 is 0 Å². The summed E-state index contributed by atoms with van der Waals surface area (Å²) >= 11 is 0. The highest BCUT2D eigenvalue weighted by molar-refractivity contribution is 7.89. The van der Waals surface area contributed by atoms with Crippen LogP contribution in [0.4, 0.5) is 0 Å². The Balaban J connectivity index is 1.78.